The molecule has 8 aromatic rings. The molecule has 0 amide bonds. The Labute approximate surface area is 255 Å². The first-order valence-corrected chi connectivity index (χ1v) is 15.0. The van der Waals surface area contributed by atoms with Crippen LogP contribution in [0.5, 0.6) is 0 Å². The van der Waals surface area contributed by atoms with Crippen molar-refractivity contribution in [3.05, 3.63) is 146 Å². The van der Waals surface area contributed by atoms with Crippen molar-refractivity contribution < 1.29 is 0 Å². The number of rotatable bonds is 4. The van der Waals surface area contributed by atoms with Crippen molar-refractivity contribution in [2.75, 3.05) is 18.6 Å². The average Bonchev–Trinajstić information content (AvgIpc) is 3.74. The molecule has 0 aliphatic carbocycles. The summed E-state index contributed by atoms with van der Waals surface area (Å²) in [6.45, 7) is 0.761. The zero-order valence-corrected chi connectivity index (χ0v) is 24.3. The molecule has 5 heteroatoms. The summed E-state index contributed by atoms with van der Waals surface area (Å²) in [5, 5.41) is 5.03. The Bertz CT molecular complexity index is 2340. The number of benzene rings is 5. The summed E-state index contributed by atoms with van der Waals surface area (Å²) in [5.41, 5.74) is 9.17. The van der Waals surface area contributed by atoms with Gasteiger partial charge < -0.3 is 14.4 Å². The predicted molar refractivity (Wildman–Crippen MR) is 183 cm³/mol. The average molecular weight is 568 g/mol. The van der Waals surface area contributed by atoms with Gasteiger partial charge in [-0.05, 0) is 54.6 Å². The Morgan fingerprint density at radius 1 is 0.523 bits per heavy atom. The predicted octanol–water partition coefficient (Wildman–Crippen LogP) is 9.12. The largest absolute Gasteiger partial charge is 0.341 e. The molecule has 0 fully saturated rings. The maximum Gasteiger partial charge on any atom is 0.131 e. The van der Waals surface area contributed by atoms with E-state index in [-0.39, 0.29) is 0 Å². The lowest BCUT2D eigenvalue weighted by Gasteiger charge is -2.21. The number of hydrogen-bond donors (Lipinski definition) is 0. The third-order valence-electron chi connectivity index (χ3n) is 8.89. The third kappa shape index (κ3) is 3.69. The fraction of sp³-hybridized carbons (Fsp3) is 0.0513. The highest BCUT2D eigenvalue weighted by Crippen LogP contribution is 2.37. The van der Waals surface area contributed by atoms with Crippen LogP contribution in [0, 0.1) is 0 Å². The summed E-state index contributed by atoms with van der Waals surface area (Å²) in [6, 6.07) is 47.7. The maximum absolute atomic E-state index is 4.62. The zero-order valence-electron chi connectivity index (χ0n) is 24.3. The van der Waals surface area contributed by atoms with Crippen LogP contribution in [0.2, 0.25) is 0 Å². The molecule has 0 spiro atoms. The lowest BCUT2D eigenvalue weighted by atomic mass is 10.1. The van der Waals surface area contributed by atoms with E-state index in [9.17, 15) is 0 Å². The van der Waals surface area contributed by atoms with Crippen LogP contribution >= 0.6 is 0 Å². The van der Waals surface area contributed by atoms with Gasteiger partial charge in [-0.1, -0.05) is 78.9 Å². The first-order valence-electron chi connectivity index (χ1n) is 15.0. The fourth-order valence-corrected chi connectivity index (χ4v) is 6.89. The minimum atomic E-state index is 0.761. The maximum atomic E-state index is 4.62. The number of anilines is 1. The van der Waals surface area contributed by atoms with Crippen molar-refractivity contribution in [3.8, 4) is 16.9 Å². The van der Waals surface area contributed by atoms with Gasteiger partial charge in [-0.2, -0.15) is 0 Å². The molecule has 210 valence electrons. The molecule has 3 aromatic heterocycles. The van der Waals surface area contributed by atoms with Crippen molar-refractivity contribution >= 4 is 55.1 Å². The van der Waals surface area contributed by atoms with Crippen molar-refractivity contribution in [1.82, 2.24) is 19.0 Å². The Morgan fingerprint density at radius 2 is 1.14 bits per heavy atom. The van der Waals surface area contributed by atoms with E-state index in [0.717, 1.165) is 35.1 Å². The molecule has 0 saturated heterocycles. The van der Waals surface area contributed by atoms with Crippen molar-refractivity contribution in [1.29, 1.82) is 0 Å². The van der Waals surface area contributed by atoms with Gasteiger partial charge in [-0.3, -0.25) is 9.55 Å². The zero-order chi connectivity index (χ0) is 29.2. The highest BCUT2D eigenvalue weighted by atomic mass is 15.4. The van der Waals surface area contributed by atoms with E-state index < -0.39 is 0 Å². The second kappa shape index (κ2) is 9.61. The van der Waals surface area contributed by atoms with Crippen molar-refractivity contribution in [2.45, 2.75) is 0 Å². The van der Waals surface area contributed by atoms with Gasteiger partial charge in [-0.15, -0.1) is 0 Å². The molecule has 0 radical (unpaired) electrons. The smallest absolute Gasteiger partial charge is 0.131 e. The molecule has 5 nitrogen and oxygen atoms in total. The molecule has 0 unspecified atom stereocenters. The molecule has 1 aliphatic rings. The number of aromatic nitrogens is 3. The molecule has 5 aromatic carbocycles. The number of hydrogen-bond acceptors (Lipinski definition) is 3. The van der Waals surface area contributed by atoms with E-state index in [1.165, 1.54) is 43.6 Å². The monoisotopic (exact) mass is 567 g/mol. The Hall–Kier alpha value is -5.81. The highest BCUT2D eigenvalue weighted by Gasteiger charge is 2.24. The Balaban J connectivity index is 1.19. The summed E-state index contributed by atoms with van der Waals surface area (Å²) in [4.78, 5) is 9.29. The molecule has 0 bridgehead atoms. The van der Waals surface area contributed by atoms with E-state index >= 15 is 0 Å². The van der Waals surface area contributed by atoms with Crippen molar-refractivity contribution in [3.63, 3.8) is 0 Å². The summed E-state index contributed by atoms with van der Waals surface area (Å²) in [7, 11) is 2.17. The topological polar surface area (TPSA) is 29.2 Å². The van der Waals surface area contributed by atoms with Crippen LogP contribution in [0.15, 0.2) is 146 Å². The van der Waals surface area contributed by atoms with E-state index in [2.05, 4.69) is 158 Å². The van der Waals surface area contributed by atoms with Gasteiger partial charge in [0.1, 0.15) is 5.82 Å². The molecular weight excluding hydrogens is 538 g/mol. The van der Waals surface area contributed by atoms with E-state index in [1.807, 2.05) is 18.3 Å². The minimum absolute atomic E-state index is 0.761. The second-order valence-corrected chi connectivity index (χ2v) is 11.5. The Kier molecular flexibility index (Phi) is 5.41. The molecule has 1 aliphatic heterocycles. The van der Waals surface area contributed by atoms with Gasteiger partial charge >= 0.3 is 0 Å². The molecule has 44 heavy (non-hydrogen) atoms. The molecule has 9 rings (SSSR count). The standard InChI is InChI=1S/C39H29N5/c1-41-26-42(25-39(41)44-36-18-6-3-13-30(36)31-14-4-7-19-37(31)44)28-11-10-12-29(24-28)43-35-17-5-2-15-32(35)33-21-20-27(23-38(33)43)34-16-8-9-22-40-34/h2-25H,26H2,1H3. The van der Waals surface area contributed by atoms with Gasteiger partial charge in [0.05, 0.1) is 34.4 Å². The minimum Gasteiger partial charge on any atom is -0.341 e. The Morgan fingerprint density at radius 3 is 1.82 bits per heavy atom. The first kappa shape index (κ1) is 24.8. The van der Waals surface area contributed by atoms with E-state index in [0.29, 0.717) is 0 Å². The van der Waals surface area contributed by atoms with E-state index in [4.69, 9.17) is 0 Å². The number of pyridine rings is 1. The number of nitrogens with zero attached hydrogens (tertiary/aromatic N) is 5. The van der Waals surface area contributed by atoms with Gasteiger partial charge in [0.2, 0.25) is 0 Å². The van der Waals surface area contributed by atoms with Crippen LogP contribution in [0.1, 0.15) is 0 Å². The van der Waals surface area contributed by atoms with Crippen LogP contribution in [0.3, 0.4) is 0 Å². The van der Waals surface area contributed by atoms with Gasteiger partial charge in [0.15, 0.2) is 0 Å². The van der Waals surface area contributed by atoms with Gasteiger partial charge in [0, 0.05) is 57.9 Å². The van der Waals surface area contributed by atoms with Crippen LogP contribution in [-0.2, 0) is 0 Å². The molecular formula is C39H29N5. The van der Waals surface area contributed by atoms with Crippen LogP contribution < -0.4 is 4.90 Å². The fourth-order valence-electron chi connectivity index (χ4n) is 6.89. The second-order valence-electron chi connectivity index (χ2n) is 11.5. The number of fused-ring (bicyclic) bond motifs is 6. The quantitative estimate of drug-likeness (QED) is 0.212. The first-order chi connectivity index (χ1) is 21.7. The SMILES string of the molecule is CN1CN(c2cccc(-n3c4ccccc4c4ccc(-c5ccccn5)cc43)c2)C=C1n1c2ccccc2c2ccccc21. The molecule has 0 atom stereocenters. The van der Waals surface area contributed by atoms with Crippen LogP contribution in [0.25, 0.3) is 66.4 Å². The highest BCUT2D eigenvalue weighted by molar-refractivity contribution is 6.11. The summed E-state index contributed by atoms with van der Waals surface area (Å²) < 4.78 is 4.78. The van der Waals surface area contributed by atoms with Gasteiger partial charge in [0.25, 0.3) is 0 Å². The lowest BCUT2D eigenvalue weighted by Crippen LogP contribution is -2.24. The summed E-state index contributed by atoms with van der Waals surface area (Å²) >= 11 is 0. The molecule has 0 saturated carbocycles. The van der Waals surface area contributed by atoms with Crippen LogP contribution in [-0.4, -0.2) is 32.7 Å². The summed E-state index contributed by atoms with van der Waals surface area (Å²) in [6.07, 6.45) is 4.13. The van der Waals surface area contributed by atoms with E-state index in [1.54, 1.807) is 0 Å². The number of para-hydroxylation sites is 3. The summed E-state index contributed by atoms with van der Waals surface area (Å²) in [5.74, 6) is 1.16. The van der Waals surface area contributed by atoms with Crippen LogP contribution in [0.4, 0.5) is 5.69 Å². The normalized spacial score (nSPS) is 13.5. The van der Waals surface area contributed by atoms with Crippen molar-refractivity contribution in [2.24, 2.45) is 0 Å². The van der Waals surface area contributed by atoms with Gasteiger partial charge in [-0.25, -0.2) is 0 Å². The molecule has 4 heterocycles. The third-order valence-corrected chi connectivity index (χ3v) is 8.89. The molecule has 0 N–H and O–H groups in total. The lowest BCUT2D eigenvalue weighted by molar-refractivity contribution is 0.498.